The van der Waals surface area contributed by atoms with Gasteiger partial charge in [-0.3, -0.25) is 43.4 Å². The molecule has 0 spiro atoms. The van der Waals surface area contributed by atoms with Gasteiger partial charge in [0.2, 0.25) is 29.4 Å². The minimum Gasteiger partial charge on any atom is -0.493 e. The molecule has 1 aliphatic carbocycles. The number of nitrogens with zero attached hydrogens (tertiary/aromatic N) is 9. The Morgan fingerprint density at radius 1 is 0.893 bits per heavy atom. The molecule has 392 valence electrons. The van der Waals surface area contributed by atoms with Crippen LogP contribution in [0.5, 0.6) is 17.2 Å². The molecule has 0 radical (unpaired) electrons. The third-order valence-corrected chi connectivity index (χ3v) is 14.0. The molecule has 4 aliphatic rings. The molecule has 3 fully saturated rings. The molecule has 2 aromatic carbocycles. The average Bonchev–Trinajstić information content (AvgIpc) is 4.08. The summed E-state index contributed by atoms with van der Waals surface area (Å²) in [6.07, 6.45) is 8.11. The van der Waals surface area contributed by atoms with Crippen molar-refractivity contribution in [2.45, 2.75) is 77.4 Å². The zero-order chi connectivity index (χ0) is 52.8. The molecule has 5 amide bonds. The summed E-state index contributed by atoms with van der Waals surface area (Å²) in [7, 11) is 2.88. The van der Waals surface area contributed by atoms with Crippen LogP contribution in [0.15, 0.2) is 69.9 Å². The number of hydrogen-bond donors (Lipinski definition) is 4. The van der Waals surface area contributed by atoms with E-state index >= 15 is 0 Å². The van der Waals surface area contributed by atoms with E-state index in [1.165, 1.54) is 26.0 Å². The predicted octanol–water partition coefficient (Wildman–Crippen LogP) is 4.57. The minimum absolute atomic E-state index is 0.0139. The standard InChI is InChI=1S/C52H59N13O10/c1-30-36-26-56-52(59-48(36)65(33-9-5-6-10-33)51(72)46(30)31(2)66)57-42-15-13-34(25-55-42)62-19-21-63(22-20-62)45(69)27-53-17-8-18-54-44(68)29-75-47-40(73-3)23-32(24-41(47)74-4)60-61-38-12-7-11-35-37(38)28-64(50(35)71)39-14-16-43(67)58-49(39)70/h7,11-13,15,23-26,33,39,53H,5-6,8-10,14,16-22,27-29H2,1-4H3,(H,54,68)(H,58,67,70)(H,55,56,57,59). The Hall–Kier alpha value is -8.34. The molecule has 4 N–H and O–H groups in total. The molecule has 23 nitrogen and oxygen atoms in total. The van der Waals surface area contributed by atoms with Crippen molar-refractivity contribution in [2.75, 3.05) is 76.9 Å². The van der Waals surface area contributed by atoms with Crippen molar-refractivity contribution >= 4 is 75.2 Å². The number of carbonyl (C=O) groups is 6. The van der Waals surface area contributed by atoms with Crippen LogP contribution in [-0.4, -0.2) is 137 Å². The third-order valence-electron chi connectivity index (χ3n) is 14.0. The zero-order valence-corrected chi connectivity index (χ0v) is 42.3. The van der Waals surface area contributed by atoms with Crippen LogP contribution < -0.4 is 45.9 Å². The number of imide groups is 1. The summed E-state index contributed by atoms with van der Waals surface area (Å²) in [6, 6.07) is 11.2. The maximum absolute atomic E-state index is 13.6. The fourth-order valence-corrected chi connectivity index (χ4v) is 10.1. The summed E-state index contributed by atoms with van der Waals surface area (Å²) in [4.78, 5) is 109. The molecule has 1 saturated carbocycles. The number of nitrogens with one attached hydrogen (secondary N) is 4. The maximum Gasteiger partial charge on any atom is 0.263 e. The molecule has 1 atom stereocenters. The molecule has 1 unspecified atom stereocenters. The van der Waals surface area contributed by atoms with Gasteiger partial charge in [0, 0.05) is 86.6 Å². The van der Waals surface area contributed by atoms with Crippen molar-refractivity contribution in [2.24, 2.45) is 10.2 Å². The van der Waals surface area contributed by atoms with Crippen LogP contribution >= 0.6 is 0 Å². The highest BCUT2D eigenvalue weighted by Gasteiger charge is 2.40. The Balaban J connectivity index is 0.691. The zero-order valence-electron chi connectivity index (χ0n) is 42.3. The fourth-order valence-electron chi connectivity index (χ4n) is 10.1. The first-order valence-corrected chi connectivity index (χ1v) is 25.0. The van der Waals surface area contributed by atoms with Crippen LogP contribution in [0.1, 0.15) is 89.8 Å². The summed E-state index contributed by atoms with van der Waals surface area (Å²) in [5.74, 6) is -0.336. The Labute approximate surface area is 431 Å². The van der Waals surface area contributed by atoms with Crippen molar-refractivity contribution in [1.29, 1.82) is 0 Å². The molecule has 6 heterocycles. The van der Waals surface area contributed by atoms with E-state index in [9.17, 15) is 33.6 Å². The van der Waals surface area contributed by atoms with Gasteiger partial charge >= 0.3 is 0 Å². The number of aryl methyl sites for hydroxylation is 1. The van der Waals surface area contributed by atoms with Crippen LogP contribution in [0.2, 0.25) is 0 Å². The number of azo groups is 1. The summed E-state index contributed by atoms with van der Waals surface area (Å²) in [5.41, 5.74) is 3.67. The summed E-state index contributed by atoms with van der Waals surface area (Å²) >= 11 is 0. The second kappa shape index (κ2) is 22.8. The Morgan fingerprint density at radius 3 is 2.35 bits per heavy atom. The number of piperazine rings is 1. The first-order chi connectivity index (χ1) is 36.3. The largest absolute Gasteiger partial charge is 0.493 e. The number of fused-ring (bicyclic) bond motifs is 2. The van der Waals surface area contributed by atoms with Crippen molar-refractivity contribution in [3.63, 3.8) is 0 Å². The summed E-state index contributed by atoms with van der Waals surface area (Å²) in [6.45, 7) is 6.36. The quantitative estimate of drug-likeness (QED) is 0.0382. The lowest BCUT2D eigenvalue weighted by atomic mass is 10.0. The van der Waals surface area contributed by atoms with Crippen LogP contribution in [0, 0.1) is 6.92 Å². The van der Waals surface area contributed by atoms with Gasteiger partial charge in [0.25, 0.3) is 17.4 Å². The van der Waals surface area contributed by atoms with Crippen molar-refractivity contribution < 1.29 is 43.0 Å². The maximum atomic E-state index is 13.6. The summed E-state index contributed by atoms with van der Waals surface area (Å²) < 4.78 is 18.6. The monoisotopic (exact) mass is 1030 g/mol. The van der Waals surface area contributed by atoms with E-state index in [2.05, 4.69) is 46.4 Å². The number of methoxy groups -OCH3 is 2. The second-order valence-electron chi connectivity index (χ2n) is 18.7. The minimum atomic E-state index is -0.761. The van der Waals surface area contributed by atoms with Crippen LogP contribution in [0.25, 0.3) is 11.0 Å². The first kappa shape index (κ1) is 51.6. The van der Waals surface area contributed by atoms with Gasteiger partial charge in [-0.2, -0.15) is 15.2 Å². The van der Waals surface area contributed by atoms with Crippen LogP contribution in [-0.2, 0) is 25.7 Å². The van der Waals surface area contributed by atoms with Gasteiger partial charge in [-0.15, -0.1) is 0 Å². The highest BCUT2D eigenvalue weighted by atomic mass is 16.5. The first-order valence-electron chi connectivity index (χ1n) is 25.0. The number of Topliss-reactive ketones (excluding diaryl/α,β-unsaturated/α-hetero) is 1. The van der Waals surface area contributed by atoms with Crippen molar-refractivity contribution in [3.05, 3.63) is 87.5 Å². The number of ether oxygens (including phenoxy) is 3. The number of pyridine rings is 2. The van der Waals surface area contributed by atoms with E-state index < -0.39 is 11.9 Å². The number of ketones is 1. The van der Waals surface area contributed by atoms with Gasteiger partial charge in [-0.05, 0) is 75.9 Å². The Morgan fingerprint density at radius 2 is 1.65 bits per heavy atom. The van der Waals surface area contributed by atoms with E-state index in [0.717, 1.165) is 31.4 Å². The van der Waals surface area contributed by atoms with E-state index in [0.29, 0.717) is 96.6 Å². The molecule has 5 aromatic rings. The lowest BCUT2D eigenvalue weighted by molar-refractivity contribution is -0.137. The van der Waals surface area contributed by atoms with Gasteiger partial charge in [0.05, 0.1) is 49.6 Å². The molecule has 75 heavy (non-hydrogen) atoms. The van der Waals surface area contributed by atoms with Gasteiger partial charge in [-0.25, -0.2) is 9.97 Å². The predicted molar refractivity (Wildman–Crippen MR) is 275 cm³/mol. The van der Waals surface area contributed by atoms with E-state index in [4.69, 9.17) is 19.2 Å². The number of benzene rings is 2. The normalized spacial score (nSPS) is 16.9. The molecule has 3 aliphatic heterocycles. The second-order valence-corrected chi connectivity index (χ2v) is 18.7. The Bertz CT molecular complexity index is 3100. The number of anilines is 3. The van der Waals surface area contributed by atoms with Crippen LogP contribution in [0.3, 0.4) is 0 Å². The molecule has 3 aromatic heterocycles. The summed E-state index contributed by atoms with van der Waals surface area (Å²) in [5, 5.41) is 20.9. The van der Waals surface area contributed by atoms with Crippen LogP contribution in [0.4, 0.5) is 28.8 Å². The topological polar surface area (TPSA) is 273 Å². The number of hydrogen-bond acceptors (Lipinski definition) is 18. The number of rotatable bonds is 19. The highest BCUT2D eigenvalue weighted by molar-refractivity contribution is 6.06. The lowest BCUT2D eigenvalue weighted by Crippen LogP contribution is -2.52. The smallest absolute Gasteiger partial charge is 0.263 e. The van der Waals surface area contributed by atoms with Gasteiger partial charge in [0.1, 0.15) is 17.5 Å². The van der Waals surface area contributed by atoms with Crippen molar-refractivity contribution in [1.82, 2.24) is 45.3 Å². The lowest BCUT2D eigenvalue weighted by Gasteiger charge is -2.36. The molecule has 2 saturated heterocycles. The van der Waals surface area contributed by atoms with Crippen molar-refractivity contribution in [3.8, 4) is 17.2 Å². The van der Waals surface area contributed by atoms with Gasteiger partial charge < -0.3 is 44.9 Å². The molecular weight excluding hydrogens is 967 g/mol. The third kappa shape index (κ3) is 11.3. The number of carbonyl (C=O) groups excluding carboxylic acids is 6. The number of aromatic nitrogens is 4. The average molecular weight is 1030 g/mol. The van der Waals surface area contributed by atoms with Gasteiger partial charge in [0.15, 0.2) is 23.9 Å². The SMILES string of the molecule is COc1cc(N=Nc2cccc3c2CN(C2CCC(=O)NC2=O)C3=O)cc(OC)c1OCC(=O)NCCCNCC(=O)N1CCN(c2ccc(Nc3ncc4c(C)c(C(C)=O)c(=O)n(C5CCCC5)c4n3)nc2)CC1. The van der Waals surface area contributed by atoms with E-state index in [1.54, 1.807) is 54.2 Å². The molecular formula is C52H59N13O10. The fraction of sp³-hybridized carbons (Fsp3) is 0.423. The van der Waals surface area contributed by atoms with Gasteiger partial charge in [-0.1, -0.05) is 18.9 Å². The van der Waals surface area contributed by atoms with E-state index in [1.807, 2.05) is 17.0 Å². The van der Waals surface area contributed by atoms with E-state index in [-0.39, 0.29) is 96.4 Å². The number of piperidine rings is 1. The Kier molecular flexibility index (Phi) is 15.7. The molecule has 23 heteroatoms. The molecule has 0 bridgehead atoms. The number of amides is 5. The molecule has 9 rings (SSSR count). The highest BCUT2D eigenvalue weighted by Crippen LogP contribution is 2.42.